The number of nitrogens with zero attached hydrogens (tertiary/aromatic N) is 1. The fraction of sp³-hybridized carbons (Fsp3) is 0.368. The van der Waals surface area contributed by atoms with Crippen molar-refractivity contribution in [3.8, 4) is 0 Å². The summed E-state index contributed by atoms with van der Waals surface area (Å²) in [6, 6.07) is 15.8. The summed E-state index contributed by atoms with van der Waals surface area (Å²) in [7, 11) is 0. The van der Waals surface area contributed by atoms with E-state index in [0.29, 0.717) is 5.75 Å². The zero-order valence-electron chi connectivity index (χ0n) is 14.0. The fourth-order valence-corrected chi connectivity index (χ4v) is 4.22. The van der Waals surface area contributed by atoms with Crippen LogP contribution in [0, 0.1) is 0 Å². The van der Waals surface area contributed by atoms with E-state index in [9.17, 15) is 5.11 Å². The van der Waals surface area contributed by atoms with E-state index in [1.807, 2.05) is 42.5 Å². The van der Waals surface area contributed by atoms with Crippen LogP contribution in [0.15, 0.2) is 53.4 Å². The molecule has 1 saturated heterocycles. The van der Waals surface area contributed by atoms with Crippen LogP contribution in [0.3, 0.4) is 0 Å². The van der Waals surface area contributed by atoms with E-state index in [2.05, 4.69) is 11.0 Å². The molecular formula is C19H23Cl2N2OS+. The SMILES string of the molecule is O[C@H](CSc1ccc(Cl)cc1)C[NH+]1CCN(c2cccc(Cl)c2)CC1. The average molecular weight is 398 g/mol. The normalized spacial score (nSPS) is 16.8. The molecule has 0 unspecified atom stereocenters. The van der Waals surface area contributed by atoms with Gasteiger partial charge in [0.05, 0.1) is 26.2 Å². The third-order valence-corrected chi connectivity index (χ3v) is 6.07. The van der Waals surface area contributed by atoms with E-state index in [-0.39, 0.29) is 6.10 Å². The van der Waals surface area contributed by atoms with E-state index in [1.165, 1.54) is 10.6 Å². The number of anilines is 1. The van der Waals surface area contributed by atoms with E-state index < -0.39 is 0 Å². The van der Waals surface area contributed by atoms with Crippen LogP contribution in [0.25, 0.3) is 0 Å². The molecule has 1 aliphatic rings. The van der Waals surface area contributed by atoms with Gasteiger partial charge in [-0.2, -0.15) is 0 Å². The molecule has 0 amide bonds. The number of nitrogens with one attached hydrogen (secondary N) is 1. The number of hydrogen-bond donors (Lipinski definition) is 2. The molecular weight excluding hydrogens is 375 g/mol. The topological polar surface area (TPSA) is 27.9 Å². The lowest BCUT2D eigenvalue weighted by Gasteiger charge is -2.34. The van der Waals surface area contributed by atoms with Gasteiger partial charge in [0.15, 0.2) is 0 Å². The Morgan fingerprint density at radius 2 is 1.76 bits per heavy atom. The van der Waals surface area contributed by atoms with Gasteiger partial charge in [-0.25, -0.2) is 0 Å². The predicted octanol–water partition coefficient (Wildman–Crippen LogP) is 2.85. The second-order valence-corrected chi connectivity index (χ2v) is 8.31. The number of rotatable bonds is 6. The summed E-state index contributed by atoms with van der Waals surface area (Å²) in [5, 5.41) is 11.9. The monoisotopic (exact) mass is 397 g/mol. The minimum Gasteiger partial charge on any atom is -0.386 e. The quantitative estimate of drug-likeness (QED) is 0.733. The highest BCUT2D eigenvalue weighted by Crippen LogP contribution is 2.21. The fourth-order valence-electron chi connectivity index (χ4n) is 3.07. The molecule has 1 aliphatic heterocycles. The highest BCUT2D eigenvalue weighted by Gasteiger charge is 2.22. The van der Waals surface area contributed by atoms with Crippen LogP contribution in [0.1, 0.15) is 0 Å². The molecule has 0 saturated carbocycles. The predicted molar refractivity (Wildman–Crippen MR) is 107 cm³/mol. The number of piperazine rings is 1. The van der Waals surface area contributed by atoms with Crippen LogP contribution in [0.5, 0.6) is 0 Å². The maximum atomic E-state index is 10.3. The summed E-state index contributed by atoms with van der Waals surface area (Å²) >= 11 is 13.7. The number of aliphatic hydroxyl groups is 1. The summed E-state index contributed by atoms with van der Waals surface area (Å²) in [6.45, 7) is 4.85. The van der Waals surface area contributed by atoms with Crippen molar-refractivity contribution in [1.82, 2.24) is 0 Å². The summed E-state index contributed by atoms with van der Waals surface area (Å²) in [5.74, 6) is 0.711. The Morgan fingerprint density at radius 3 is 2.44 bits per heavy atom. The lowest BCUT2D eigenvalue weighted by atomic mass is 10.2. The summed E-state index contributed by atoms with van der Waals surface area (Å²) in [5.41, 5.74) is 1.19. The molecule has 0 spiro atoms. The number of hydrogen-bond acceptors (Lipinski definition) is 3. The van der Waals surface area contributed by atoms with Gasteiger partial charge < -0.3 is 14.9 Å². The summed E-state index contributed by atoms with van der Waals surface area (Å²) in [6.07, 6.45) is -0.298. The van der Waals surface area contributed by atoms with Crippen molar-refractivity contribution in [1.29, 1.82) is 0 Å². The Hall–Kier alpha value is -0.910. The summed E-state index contributed by atoms with van der Waals surface area (Å²) < 4.78 is 0. The number of benzene rings is 2. The molecule has 2 aromatic carbocycles. The largest absolute Gasteiger partial charge is 0.386 e. The zero-order chi connectivity index (χ0) is 17.6. The van der Waals surface area contributed by atoms with E-state index in [0.717, 1.165) is 47.7 Å². The van der Waals surface area contributed by atoms with Gasteiger partial charge in [-0.1, -0.05) is 29.3 Å². The first-order valence-electron chi connectivity index (χ1n) is 8.50. The first-order chi connectivity index (χ1) is 12.1. The van der Waals surface area contributed by atoms with Crippen molar-refractivity contribution in [2.24, 2.45) is 0 Å². The molecule has 1 fully saturated rings. The van der Waals surface area contributed by atoms with Crippen LogP contribution >= 0.6 is 35.0 Å². The standard InChI is InChI=1S/C19H22Cl2N2OS/c20-15-4-6-19(7-5-15)25-14-18(24)13-22-8-10-23(11-9-22)17-3-1-2-16(21)12-17/h1-7,12,18,24H,8-11,13-14H2/p+1/t18-/m0/s1. The Labute approximate surface area is 163 Å². The molecule has 0 aromatic heterocycles. The van der Waals surface area contributed by atoms with Crippen molar-refractivity contribution in [3.05, 3.63) is 58.6 Å². The summed E-state index contributed by atoms with van der Waals surface area (Å²) in [4.78, 5) is 4.97. The number of thioether (sulfide) groups is 1. The van der Waals surface area contributed by atoms with Crippen molar-refractivity contribution in [3.63, 3.8) is 0 Å². The van der Waals surface area contributed by atoms with Crippen LogP contribution in [0.4, 0.5) is 5.69 Å². The van der Waals surface area contributed by atoms with Gasteiger partial charge in [0.1, 0.15) is 12.6 Å². The molecule has 1 atom stereocenters. The molecule has 0 radical (unpaired) electrons. The zero-order valence-corrected chi connectivity index (χ0v) is 16.3. The van der Waals surface area contributed by atoms with Gasteiger partial charge >= 0.3 is 0 Å². The van der Waals surface area contributed by atoms with Gasteiger partial charge in [-0.05, 0) is 42.5 Å². The minimum absolute atomic E-state index is 0.298. The smallest absolute Gasteiger partial charge is 0.112 e. The Morgan fingerprint density at radius 1 is 1.04 bits per heavy atom. The maximum Gasteiger partial charge on any atom is 0.112 e. The average Bonchev–Trinajstić information content (AvgIpc) is 2.62. The molecule has 134 valence electrons. The third kappa shape index (κ3) is 5.80. The molecule has 6 heteroatoms. The highest BCUT2D eigenvalue weighted by molar-refractivity contribution is 7.99. The van der Waals surface area contributed by atoms with Gasteiger partial charge in [-0.15, -0.1) is 11.8 Å². The second-order valence-electron chi connectivity index (χ2n) is 6.34. The molecule has 1 heterocycles. The van der Waals surface area contributed by atoms with E-state index in [1.54, 1.807) is 11.8 Å². The second kappa shape index (κ2) is 9.15. The molecule has 3 rings (SSSR count). The molecule has 3 nitrogen and oxygen atoms in total. The minimum atomic E-state index is -0.298. The Bertz CT molecular complexity index is 675. The first-order valence-corrected chi connectivity index (χ1v) is 10.2. The van der Waals surface area contributed by atoms with Gasteiger partial charge in [0.25, 0.3) is 0 Å². The molecule has 0 aliphatic carbocycles. The molecule has 2 N–H and O–H groups in total. The molecule has 0 bridgehead atoms. The van der Waals surface area contributed by atoms with Crippen molar-refractivity contribution in [2.75, 3.05) is 43.4 Å². The van der Waals surface area contributed by atoms with Crippen LogP contribution in [-0.4, -0.2) is 49.7 Å². The van der Waals surface area contributed by atoms with Crippen molar-refractivity contribution < 1.29 is 10.0 Å². The van der Waals surface area contributed by atoms with E-state index >= 15 is 0 Å². The lowest BCUT2D eigenvalue weighted by molar-refractivity contribution is -0.903. The number of aliphatic hydroxyl groups excluding tert-OH is 1. The third-order valence-electron chi connectivity index (χ3n) is 4.42. The van der Waals surface area contributed by atoms with Crippen LogP contribution in [-0.2, 0) is 0 Å². The Balaban J connectivity index is 1.41. The van der Waals surface area contributed by atoms with Gasteiger partial charge in [0, 0.05) is 26.4 Å². The Kier molecular flexibility index (Phi) is 6.91. The van der Waals surface area contributed by atoms with Gasteiger partial charge in [0.2, 0.25) is 0 Å². The van der Waals surface area contributed by atoms with Crippen molar-refractivity contribution >= 4 is 40.7 Å². The number of halogens is 2. The van der Waals surface area contributed by atoms with Crippen molar-refractivity contribution in [2.45, 2.75) is 11.0 Å². The van der Waals surface area contributed by atoms with Crippen LogP contribution < -0.4 is 9.80 Å². The van der Waals surface area contributed by atoms with Crippen LogP contribution in [0.2, 0.25) is 10.0 Å². The number of quaternary nitrogens is 1. The van der Waals surface area contributed by atoms with Gasteiger partial charge in [-0.3, -0.25) is 0 Å². The lowest BCUT2D eigenvalue weighted by Crippen LogP contribution is -3.15. The highest BCUT2D eigenvalue weighted by atomic mass is 35.5. The first kappa shape index (κ1) is 18.9. The molecule has 25 heavy (non-hydrogen) atoms. The van der Waals surface area contributed by atoms with E-state index in [4.69, 9.17) is 23.2 Å². The maximum absolute atomic E-state index is 10.3. The molecule has 2 aromatic rings.